The van der Waals surface area contributed by atoms with Crippen molar-refractivity contribution in [2.24, 2.45) is 0 Å². The van der Waals surface area contributed by atoms with Crippen LogP contribution >= 0.6 is 15.9 Å². The van der Waals surface area contributed by atoms with Gasteiger partial charge in [0.15, 0.2) is 0 Å². The SMILES string of the molecule is Cc1cc(C(=O)N2CCN(C3CCNC3)CC2)ccc1Br. The van der Waals surface area contributed by atoms with Crippen molar-refractivity contribution in [2.75, 3.05) is 39.3 Å². The smallest absolute Gasteiger partial charge is 0.253 e. The summed E-state index contributed by atoms with van der Waals surface area (Å²) in [6, 6.07) is 6.51. The Hall–Kier alpha value is -0.910. The summed E-state index contributed by atoms with van der Waals surface area (Å²) in [6.45, 7) is 7.91. The minimum absolute atomic E-state index is 0.162. The summed E-state index contributed by atoms with van der Waals surface area (Å²) in [5, 5.41) is 3.41. The van der Waals surface area contributed by atoms with Crippen LogP contribution in [0, 0.1) is 6.92 Å². The van der Waals surface area contributed by atoms with Gasteiger partial charge in [0.1, 0.15) is 0 Å². The van der Waals surface area contributed by atoms with Gasteiger partial charge in [0.2, 0.25) is 0 Å². The Morgan fingerprint density at radius 1 is 1.29 bits per heavy atom. The minimum atomic E-state index is 0.162. The predicted octanol–water partition coefficient (Wildman–Crippen LogP) is 1.88. The van der Waals surface area contributed by atoms with Crippen LogP contribution in [0.5, 0.6) is 0 Å². The van der Waals surface area contributed by atoms with Crippen molar-refractivity contribution in [3.63, 3.8) is 0 Å². The van der Waals surface area contributed by atoms with Crippen molar-refractivity contribution in [2.45, 2.75) is 19.4 Å². The molecule has 2 saturated heterocycles. The number of benzene rings is 1. The lowest BCUT2D eigenvalue weighted by Crippen LogP contribution is -2.52. The van der Waals surface area contributed by atoms with Gasteiger partial charge in [-0.15, -0.1) is 0 Å². The summed E-state index contributed by atoms with van der Waals surface area (Å²) in [5.41, 5.74) is 1.91. The van der Waals surface area contributed by atoms with Crippen LogP contribution < -0.4 is 5.32 Å². The first-order valence-corrected chi connectivity index (χ1v) is 8.44. The second kappa shape index (κ2) is 6.46. The monoisotopic (exact) mass is 351 g/mol. The van der Waals surface area contributed by atoms with Gasteiger partial charge in [0.25, 0.3) is 5.91 Å². The van der Waals surface area contributed by atoms with Gasteiger partial charge in [-0.05, 0) is 43.7 Å². The summed E-state index contributed by atoms with van der Waals surface area (Å²) in [7, 11) is 0. The average molecular weight is 352 g/mol. The molecule has 1 atom stereocenters. The molecule has 0 radical (unpaired) electrons. The molecule has 0 saturated carbocycles. The van der Waals surface area contributed by atoms with Crippen LogP contribution in [0.2, 0.25) is 0 Å². The first kappa shape index (κ1) is 15.0. The van der Waals surface area contributed by atoms with Gasteiger partial charge >= 0.3 is 0 Å². The Labute approximate surface area is 134 Å². The van der Waals surface area contributed by atoms with Crippen LogP contribution in [-0.4, -0.2) is 61.0 Å². The fourth-order valence-electron chi connectivity index (χ4n) is 3.20. The van der Waals surface area contributed by atoms with Gasteiger partial charge < -0.3 is 10.2 Å². The standard InChI is InChI=1S/C16H22BrN3O/c1-12-10-13(2-3-15(12)17)16(21)20-8-6-19(7-9-20)14-4-5-18-11-14/h2-3,10,14,18H,4-9,11H2,1H3. The molecule has 1 aromatic rings. The summed E-state index contributed by atoms with van der Waals surface area (Å²) in [6.07, 6.45) is 1.24. The third kappa shape index (κ3) is 3.30. The molecule has 21 heavy (non-hydrogen) atoms. The van der Waals surface area contributed by atoms with Gasteiger partial charge in [-0.25, -0.2) is 0 Å². The molecule has 2 aliphatic heterocycles. The molecule has 3 rings (SSSR count). The van der Waals surface area contributed by atoms with Gasteiger partial charge in [0.05, 0.1) is 0 Å². The van der Waals surface area contributed by atoms with Crippen molar-refractivity contribution >= 4 is 21.8 Å². The van der Waals surface area contributed by atoms with E-state index in [0.29, 0.717) is 6.04 Å². The topological polar surface area (TPSA) is 35.6 Å². The molecule has 0 spiro atoms. The molecular weight excluding hydrogens is 330 g/mol. The highest BCUT2D eigenvalue weighted by Crippen LogP contribution is 2.19. The molecule has 0 aromatic heterocycles. The number of carbonyl (C=O) groups excluding carboxylic acids is 1. The zero-order valence-corrected chi connectivity index (χ0v) is 14.0. The van der Waals surface area contributed by atoms with Crippen LogP contribution in [0.1, 0.15) is 22.3 Å². The molecule has 2 fully saturated rings. The zero-order chi connectivity index (χ0) is 14.8. The number of piperazine rings is 1. The number of nitrogens with zero attached hydrogens (tertiary/aromatic N) is 2. The molecule has 0 aliphatic carbocycles. The van der Waals surface area contributed by atoms with E-state index in [-0.39, 0.29) is 5.91 Å². The molecule has 0 bridgehead atoms. The quantitative estimate of drug-likeness (QED) is 0.883. The van der Waals surface area contributed by atoms with E-state index in [1.807, 2.05) is 30.0 Å². The van der Waals surface area contributed by atoms with Crippen LogP contribution in [0.3, 0.4) is 0 Å². The predicted molar refractivity (Wildman–Crippen MR) is 87.6 cm³/mol. The fraction of sp³-hybridized carbons (Fsp3) is 0.562. The summed E-state index contributed by atoms with van der Waals surface area (Å²) in [5.74, 6) is 0.162. The van der Waals surface area contributed by atoms with E-state index in [0.717, 1.165) is 54.9 Å². The second-order valence-electron chi connectivity index (χ2n) is 5.94. The Kier molecular flexibility index (Phi) is 4.62. The van der Waals surface area contributed by atoms with Crippen molar-refractivity contribution < 1.29 is 4.79 Å². The molecule has 114 valence electrons. The van der Waals surface area contributed by atoms with E-state index in [2.05, 4.69) is 26.1 Å². The number of hydrogen-bond acceptors (Lipinski definition) is 3. The number of hydrogen-bond donors (Lipinski definition) is 1. The number of halogens is 1. The third-order valence-corrected chi connectivity index (χ3v) is 5.45. The Balaban J connectivity index is 1.60. The summed E-state index contributed by atoms with van der Waals surface area (Å²) >= 11 is 3.48. The van der Waals surface area contributed by atoms with Crippen LogP contribution in [0.15, 0.2) is 22.7 Å². The van der Waals surface area contributed by atoms with Crippen molar-refractivity contribution in [1.29, 1.82) is 0 Å². The number of carbonyl (C=O) groups is 1. The largest absolute Gasteiger partial charge is 0.336 e. The zero-order valence-electron chi connectivity index (χ0n) is 12.4. The molecule has 5 heteroatoms. The van der Waals surface area contributed by atoms with E-state index >= 15 is 0 Å². The molecule has 1 N–H and O–H groups in total. The van der Waals surface area contributed by atoms with Gasteiger partial charge in [-0.1, -0.05) is 15.9 Å². The maximum Gasteiger partial charge on any atom is 0.253 e. The molecule has 4 nitrogen and oxygen atoms in total. The molecule has 1 unspecified atom stereocenters. The summed E-state index contributed by atoms with van der Waals surface area (Å²) in [4.78, 5) is 17.1. The lowest BCUT2D eigenvalue weighted by Gasteiger charge is -2.37. The molecule has 2 aliphatic rings. The highest BCUT2D eigenvalue weighted by molar-refractivity contribution is 9.10. The van der Waals surface area contributed by atoms with E-state index in [4.69, 9.17) is 0 Å². The molecule has 1 amide bonds. The first-order valence-electron chi connectivity index (χ1n) is 7.65. The van der Waals surface area contributed by atoms with Crippen LogP contribution in [0.4, 0.5) is 0 Å². The van der Waals surface area contributed by atoms with Crippen molar-refractivity contribution in [3.8, 4) is 0 Å². The van der Waals surface area contributed by atoms with Crippen molar-refractivity contribution in [3.05, 3.63) is 33.8 Å². The molecule has 1 aromatic carbocycles. The number of nitrogens with one attached hydrogen (secondary N) is 1. The summed E-state index contributed by atoms with van der Waals surface area (Å²) < 4.78 is 1.05. The van der Waals surface area contributed by atoms with Crippen molar-refractivity contribution in [1.82, 2.24) is 15.1 Å². The normalized spacial score (nSPS) is 23.5. The lowest BCUT2D eigenvalue weighted by atomic mass is 10.1. The number of aryl methyl sites for hydroxylation is 1. The minimum Gasteiger partial charge on any atom is -0.336 e. The number of rotatable bonds is 2. The maximum absolute atomic E-state index is 12.6. The number of amides is 1. The van der Waals surface area contributed by atoms with E-state index in [1.54, 1.807) is 0 Å². The maximum atomic E-state index is 12.6. The Bertz CT molecular complexity index is 520. The average Bonchev–Trinajstić information content (AvgIpc) is 3.04. The first-order chi connectivity index (χ1) is 10.1. The molecule has 2 heterocycles. The highest BCUT2D eigenvalue weighted by Gasteiger charge is 2.28. The highest BCUT2D eigenvalue weighted by atomic mass is 79.9. The second-order valence-corrected chi connectivity index (χ2v) is 6.79. The van der Waals surface area contributed by atoms with E-state index in [9.17, 15) is 4.79 Å². The van der Waals surface area contributed by atoms with Gasteiger partial charge in [-0.3, -0.25) is 9.69 Å². The van der Waals surface area contributed by atoms with Gasteiger partial charge in [0, 0.05) is 48.8 Å². The Morgan fingerprint density at radius 3 is 2.67 bits per heavy atom. The van der Waals surface area contributed by atoms with Crippen LogP contribution in [0.25, 0.3) is 0 Å². The van der Waals surface area contributed by atoms with Crippen LogP contribution in [-0.2, 0) is 0 Å². The lowest BCUT2D eigenvalue weighted by molar-refractivity contribution is 0.0583. The van der Waals surface area contributed by atoms with E-state index in [1.165, 1.54) is 6.42 Å². The fourth-order valence-corrected chi connectivity index (χ4v) is 3.45. The molecular formula is C16H22BrN3O. The van der Waals surface area contributed by atoms with Gasteiger partial charge in [-0.2, -0.15) is 0 Å². The third-order valence-electron chi connectivity index (χ3n) is 4.56. The van der Waals surface area contributed by atoms with E-state index < -0.39 is 0 Å². The Morgan fingerprint density at radius 2 is 2.05 bits per heavy atom.